The molecule has 1 aromatic rings. The van der Waals surface area contributed by atoms with E-state index in [1.807, 2.05) is 29.3 Å². The standard InChI is InChI=1S/C16H22N4O2/c1-18-11-13(10-15(18)21)16(22)20-8-6-19(7-9-20)12-14-4-2-3-5-17-14/h2-5,13H,6-12H2,1H3/t13-/m0/s1. The maximum atomic E-state index is 12.5. The van der Waals surface area contributed by atoms with Crippen LogP contribution in [0.1, 0.15) is 12.1 Å². The molecule has 0 radical (unpaired) electrons. The average molecular weight is 302 g/mol. The summed E-state index contributed by atoms with van der Waals surface area (Å²) < 4.78 is 0. The first-order valence-corrected chi connectivity index (χ1v) is 7.78. The Morgan fingerprint density at radius 1 is 1.27 bits per heavy atom. The Hall–Kier alpha value is -1.95. The van der Waals surface area contributed by atoms with Crippen molar-refractivity contribution in [2.75, 3.05) is 39.8 Å². The molecule has 0 N–H and O–H groups in total. The van der Waals surface area contributed by atoms with Crippen molar-refractivity contribution in [2.45, 2.75) is 13.0 Å². The predicted molar refractivity (Wildman–Crippen MR) is 81.8 cm³/mol. The molecule has 2 saturated heterocycles. The zero-order valence-corrected chi connectivity index (χ0v) is 12.9. The molecule has 3 rings (SSSR count). The van der Waals surface area contributed by atoms with Gasteiger partial charge in [-0.05, 0) is 12.1 Å². The van der Waals surface area contributed by atoms with E-state index in [1.54, 1.807) is 11.9 Å². The van der Waals surface area contributed by atoms with Gasteiger partial charge in [0, 0.05) is 58.9 Å². The highest BCUT2D eigenvalue weighted by Crippen LogP contribution is 2.19. The van der Waals surface area contributed by atoms with Crippen molar-refractivity contribution in [2.24, 2.45) is 5.92 Å². The zero-order chi connectivity index (χ0) is 15.5. The Bertz CT molecular complexity index is 540. The molecule has 22 heavy (non-hydrogen) atoms. The van der Waals surface area contributed by atoms with Gasteiger partial charge in [-0.3, -0.25) is 19.5 Å². The molecule has 2 amide bonds. The minimum Gasteiger partial charge on any atom is -0.345 e. The highest BCUT2D eigenvalue weighted by molar-refractivity contribution is 5.89. The van der Waals surface area contributed by atoms with Gasteiger partial charge in [0.2, 0.25) is 11.8 Å². The fourth-order valence-corrected chi connectivity index (χ4v) is 3.13. The lowest BCUT2D eigenvalue weighted by molar-refractivity contribution is -0.137. The monoisotopic (exact) mass is 302 g/mol. The van der Waals surface area contributed by atoms with E-state index in [-0.39, 0.29) is 17.7 Å². The van der Waals surface area contributed by atoms with Crippen LogP contribution in [-0.4, -0.2) is 71.3 Å². The normalized spacial score (nSPS) is 23.1. The number of nitrogens with zero attached hydrogens (tertiary/aromatic N) is 4. The smallest absolute Gasteiger partial charge is 0.228 e. The van der Waals surface area contributed by atoms with Gasteiger partial charge >= 0.3 is 0 Å². The molecule has 2 aliphatic rings. The van der Waals surface area contributed by atoms with Crippen molar-refractivity contribution in [3.63, 3.8) is 0 Å². The molecule has 6 heteroatoms. The maximum absolute atomic E-state index is 12.5. The van der Waals surface area contributed by atoms with Gasteiger partial charge in [0.15, 0.2) is 0 Å². The van der Waals surface area contributed by atoms with Crippen molar-refractivity contribution in [1.82, 2.24) is 19.7 Å². The second kappa shape index (κ2) is 6.44. The molecule has 118 valence electrons. The van der Waals surface area contributed by atoms with Gasteiger partial charge in [-0.1, -0.05) is 6.07 Å². The summed E-state index contributed by atoms with van der Waals surface area (Å²) in [5.41, 5.74) is 1.06. The van der Waals surface area contributed by atoms with Crippen molar-refractivity contribution in [3.8, 4) is 0 Å². The molecule has 0 aliphatic carbocycles. The molecule has 3 heterocycles. The molecule has 0 unspecified atom stereocenters. The number of hydrogen-bond acceptors (Lipinski definition) is 4. The average Bonchev–Trinajstić information content (AvgIpc) is 2.88. The fraction of sp³-hybridized carbons (Fsp3) is 0.562. The first kappa shape index (κ1) is 15.0. The second-order valence-electron chi connectivity index (χ2n) is 6.10. The summed E-state index contributed by atoms with van der Waals surface area (Å²) in [5, 5.41) is 0. The van der Waals surface area contributed by atoms with Crippen molar-refractivity contribution in [1.29, 1.82) is 0 Å². The minimum absolute atomic E-state index is 0.0761. The molecule has 6 nitrogen and oxygen atoms in total. The third-order valence-electron chi connectivity index (χ3n) is 4.49. The van der Waals surface area contributed by atoms with E-state index < -0.39 is 0 Å². The van der Waals surface area contributed by atoms with Gasteiger partial charge in [0.05, 0.1) is 11.6 Å². The van der Waals surface area contributed by atoms with E-state index in [0.717, 1.165) is 38.4 Å². The van der Waals surface area contributed by atoms with Crippen molar-refractivity contribution < 1.29 is 9.59 Å². The van der Waals surface area contributed by atoms with E-state index in [4.69, 9.17) is 0 Å². The van der Waals surface area contributed by atoms with Crippen LogP contribution < -0.4 is 0 Å². The van der Waals surface area contributed by atoms with Crippen LogP contribution in [-0.2, 0) is 16.1 Å². The van der Waals surface area contributed by atoms with Gasteiger partial charge in [0.1, 0.15) is 0 Å². The number of pyridine rings is 1. The number of piperazine rings is 1. The summed E-state index contributed by atoms with van der Waals surface area (Å²) in [6.07, 6.45) is 2.17. The summed E-state index contributed by atoms with van der Waals surface area (Å²) in [6.45, 7) is 4.58. The van der Waals surface area contributed by atoms with E-state index >= 15 is 0 Å². The number of likely N-dealkylation sites (tertiary alicyclic amines) is 1. The molecule has 2 aliphatic heterocycles. The van der Waals surface area contributed by atoms with Crippen molar-refractivity contribution in [3.05, 3.63) is 30.1 Å². The van der Waals surface area contributed by atoms with Crippen LogP contribution >= 0.6 is 0 Å². The van der Waals surface area contributed by atoms with Gasteiger partial charge < -0.3 is 9.80 Å². The number of amides is 2. The third kappa shape index (κ3) is 3.27. The SMILES string of the molecule is CN1C[C@@H](C(=O)N2CCN(Cc3ccccn3)CC2)CC1=O. The van der Waals surface area contributed by atoms with Crippen LogP contribution in [0.2, 0.25) is 0 Å². The molecule has 0 bridgehead atoms. The molecule has 0 spiro atoms. The Balaban J connectivity index is 1.49. The summed E-state index contributed by atoms with van der Waals surface area (Å²) in [6, 6.07) is 5.94. The minimum atomic E-state index is -0.153. The first-order chi connectivity index (χ1) is 10.6. The van der Waals surface area contributed by atoms with E-state index in [1.165, 1.54) is 0 Å². The molecular weight excluding hydrogens is 280 g/mol. The summed E-state index contributed by atoms with van der Waals surface area (Å²) in [7, 11) is 1.76. The number of carbonyl (C=O) groups excluding carboxylic acids is 2. The van der Waals surface area contributed by atoms with E-state index in [2.05, 4.69) is 9.88 Å². The Labute approximate surface area is 130 Å². The Morgan fingerprint density at radius 3 is 2.64 bits per heavy atom. The third-order valence-corrected chi connectivity index (χ3v) is 4.49. The lowest BCUT2D eigenvalue weighted by Crippen LogP contribution is -2.50. The van der Waals surface area contributed by atoms with Crippen LogP contribution in [0.4, 0.5) is 0 Å². The lowest BCUT2D eigenvalue weighted by atomic mass is 10.1. The van der Waals surface area contributed by atoms with Gasteiger partial charge in [0.25, 0.3) is 0 Å². The van der Waals surface area contributed by atoms with Crippen LogP contribution in [0.15, 0.2) is 24.4 Å². The number of aromatic nitrogens is 1. The Morgan fingerprint density at radius 2 is 2.05 bits per heavy atom. The maximum Gasteiger partial charge on any atom is 0.228 e. The first-order valence-electron chi connectivity index (χ1n) is 7.78. The highest BCUT2D eigenvalue weighted by Gasteiger charge is 2.35. The lowest BCUT2D eigenvalue weighted by Gasteiger charge is -2.35. The molecule has 1 atom stereocenters. The van der Waals surface area contributed by atoms with Crippen LogP contribution in [0.25, 0.3) is 0 Å². The molecule has 0 saturated carbocycles. The highest BCUT2D eigenvalue weighted by atomic mass is 16.2. The zero-order valence-electron chi connectivity index (χ0n) is 12.9. The topological polar surface area (TPSA) is 56.8 Å². The van der Waals surface area contributed by atoms with Crippen LogP contribution in [0.5, 0.6) is 0 Å². The summed E-state index contributed by atoms with van der Waals surface area (Å²) >= 11 is 0. The molecule has 2 fully saturated rings. The summed E-state index contributed by atoms with van der Waals surface area (Å²) in [5.74, 6) is 0.0576. The molecular formula is C16H22N4O2. The second-order valence-corrected chi connectivity index (χ2v) is 6.10. The van der Waals surface area contributed by atoms with Gasteiger partial charge in [-0.2, -0.15) is 0 Å². The fourth-order valence-electron chi connectivity index (χ4n) is 3.13. The number of carbonyl (C=O) groups is 2. The number of hydrogen-bond donors (Lipinski definition) is 0. The Kier molecular flexibility index (Phi) is 4.38. The van der Waals surface area contributed by atoms with Crippen LogP contribution in [0.3, 0.4) is 0 Å². The van der Waals surface area contributed by atoms with Crippen molar-refractivity contribution >= 4 is 11.8 Å². The van der Waals surface area contributed by atoms with Crippen LogP contribution in [0, 0.1) is 5.92 Å². The summed E-state index contributed by atoms with van der Waals surface area (Å²) in [4.78, 5) is 34.3. The van der Waals surface area contributed by atoms with E-state index in [9.17, 15) is 9.59 Å². The number of rotatable bonds is 3. The quantitative estimate of drug-likeness (QED) is 0.801. The van der Waals surface area contributed by atoms with E-state index in [0.29, 0.717) is 13.0 Å². The predicted octanol–water partition coefficient (Wildman–Crippen LogP) is 0.204. The molecule has 1 aromatic heterocycles. The van der Waals surface area contributed by atoms with Gasteiger partial charge in [-0.15, -0.1) is 0 Å². The molecule has 0 aromatic carbocycles. The van der Waals surface area contributed by atoms with Gasteiger partial charge in [-0.25, -0.2) is 0 Å². The largest absolute Gasteiger partial charge is 0.345 e.